The van der Waals surface area contributed by atoms with E-state index < -0.39 is 0 Å². The summed E-state index contributed by atoms with van der Waals surface area (Å²) >= 11 is 0. The number of nitrogens with zero attached hydrogens (tertiary/aromatic N) is 2. The summed E-state index contributed by atoms with van der Waals surface area (Å²) in [6.07, 6.45) is 3.81. The van der Waals surface area contributed by atoms with Gasteiger partial charge in [0.25, 0.3) is 0 Å². The van der Waals surface area contributed by atoms with Gasteiger partial charge in [-0.2, -0.15) is 0 Å². The second-order valence-corrected chi connectivity index (χ2v) is 5.59. The average molecular weight is 277 g/mol. The summed E-state index contributed by atoms with van der Waals surface area (Å²) in [6.45, 7) is 8.03. The van der Waals surface area contributed by atoms with Crippen LogP contribution < -0.4 is 10.2 Å². The first-order valence-corrected chi connectivity index (χ1v) is 7.71. The van der Waals surface area contributed by atoms with Crippen molar-refractivity contribution in [1.82, 2.24) is 10.3 Å². The highest BCUT2D eigenvalue weighted by Gasteiger charge is 2.21. The molecular formula is C16H27N3O. The first-order valence-electron chi connectivity index (χ1n) is 7.71. The molecule has 1 aliphatic heterocycles. The highest BCUT2D eigenvalue weighted by molar-refractivity contribution is 5.43. The van der Waals surface area contributed by atoms with E-state index in [0.717, 1.165) is 44.2 Å². The maximum atomic E-state index is 5.91. The van der Waals surface area contributed by atoms with Crippen LogP contribution in [0, 0.1) is 6.92 Å². The lowest BCUT2D eigenvalue weighted by Crippen LogP contribution is -2.40. The van der Waals surface area contributed by atoms with Crippen LogP contribution in [0.25, 0.3) is 0 Å². The lowest BCUT2D eigenvalue weighted by Gasteiger charge is -2.33. The Morgan fingerprint density at radius 3 is 3.05 bits per heavy atom. The third kappa shape index (κ3) is 4.18. The third-order valence-corrected chi connectivity index (χ3v) is 3.64. The standard InChI is InChI=1S/C16H27N3O/c1-4-8-20-15-6-5-7-19(12-15)16-10-14(11-17-3)9-13(2)18-16/h9-10,15,17H,4-8,11-12H2,1-3H3. The Bertz CT molecular complexity index is 422. The summed E-state index contributed by atoms with van der Waals surface area (Å²) in [4.78, 5) is 7.07. The molecule has 1 aromatic heterocycles. The minimum atomic E-state index is 0.360. The first kappa shape index (κ1) is 15.3. The molecule has 4 nitrogen and oxygen atoms in total. The molecule has 1 fully saturated rings. The van der Waals surface area contributed by atoms with Gasteiger partial charge in [-0.05, 0) is 50.9 Å². The van der Waals surface area contributed by atoms with Crippen LogP contribution in [0.2, 0.25) is 0 Å². The van der Waals surface area contributed by atoms with E-state index in [9.17, 15) is 0 Å². The summed E-state index contributed by atoms with van der Waals surface area (Å²) in [5, 5.41) is 3.21. The zero-order valence-corrected chi connectivity index (χ0v) is 13.0. The van der Waals surface area contributed by atoms with Crippen molar-refractivity contribution in [3.63, 3.8) is 0 Å². The number of rotatable bonds is 6. The molecule has 0 saturated carbocycles. The third-order valence-electron chi connectivity index (χ3n) is 3.64. The predicted molar refractivity (Wildman–Crippen MR) is 83.2 cm³/mol. The normalized spacial score (nSPS) is 19.4. The molecule has 0 amide bonds. The first-order chi connectivity index (χ1) is 9.72. The molecule has 1 aliphatic rings. The summed E-state index contributed by atoms with van der Waals surface area (Å²) in [7, 11) is 1.98. The fourth-order valence-corrected chi connectivity index (χ4v) is 2.76. The average Bonchev–Trinajstić information content (AvgIpc) is 2.45. The number of hydrogen-bond acceptors (Lipinski definition) is 4. The van der Waals surface area contributed by atoms with E-state index in [4.69, 9.17) is 9.72 Å². The smallest absolute Gasteiger partial charge is 0.129 e. The number of piperidine rings is 1. The number of anilines is 1. The van der Waals surface area contributed by atoms with Crippen molar-refractivity contribution in [2.24, 2.45) is 0 Å². The van der Waals surface area contributed by atoms with Gasteiger partial charge in [-0.15, -0.1) is 0 Å². The van der Waals surface area contributed by atoms with Crippen molar-refractivity contribution in [2.45, 2.75) is 45.8 Å². The van der Waals surface area contributed by atoms with E-state index in [2.05, 4.69) is 36.2 Å². The summed E-state index contributed by atoms with van der Waals surface area (Å²) in [5.41, 5.74) is 2.39. The van der Waals surface area contributed by atoms with Crippen LogP contribution in [-0.4, -0.2) is 37.8 Å². The van der Waals surface area contributed by atoms with E-state index >= 15 is 0 Å². The summed E-state index contributed by atoms with van der Waals surface area (Å²) < 4.78 is 5.91. The SMILES string of the molecule is CCCOC1CCCN(c2cc(CNC)cc(C)n2)C1. The number of ether oxygens (including phenoxy) is 1. The topological polar surface area (TPSA) is 37.4 Å². The van der Waals surface area contributed by atoms with Gasteiger partial charge < -0.3 is 15.0 Å². The Labute approximate surface area is 122 Å². The summed E-state index contributed by atoms with van der Waals surface area (Å²) in [5.74, 6) is 1.10. The zero-order valence-electron chi connectivity index (χ0n) is 13.0. The van der Waals surface area contributed by atoms with E-state index in [1.54, 1.807) is 0 Å². The van der Waals surface area contributed by atoms with Crippen molar-refractivity contribution in [3.05, 3.63) is 23.4 Å². The molecule has 0 aliphatic carbocycles. The van der Waals surface area contributed by atoms with Gasteiger partial charge in [0.15, 0.2) is 0 Å². The Morgan fingerprint density at radius 2 is 2.30 bits per heavy atom. The molecule has 112 valence electrons. The van der Waals surface area contributed by atoms with Crippen LogP contribution in [-0.2, 0) is 11.3 Å². The number of pyridine rings is 1. The monoisotopic (exact) mass is 277 g/mol. The van der Waals surface area contributed by atoms with Gasteiger partial charge in [0, 0.05) is 31.9 Å². The molecule has 4 heteroatoms. The second kappa shape index (κ2) is 7.60. The highest BCUT2D eigenvalue weighted by atomic mass is 16.5. The Kier molecular flexibility index (Phi) is 5.80. The Morgan fingerprint density at radius 1 is 1.45 bits per heavy atom. The minimum absolute atomic E-state index is 0.360. The molecule has 0 aromatic carbocycles. The molecule has 2 rings (SSSR count). The molecule has 2 heterocycles. The summed E-state index contributed by atoms with van der Waals surface area (Å²) in [6, 6.07) is 4.35. The van der Waals surface area contributed by atoms with E-state index in [1.165, 1.54) is 18.4 Å². The number of hydrogen-bond donors (Lipinski definition) is 1. The van der Waals surface area contributed by atoms with Crippen LogP contribution in [0.15, 0.2) is 12.1 Å². The van der Waals surface area contributed by atoms with Crippen LogP contribution >= 0.6 is 0 Å². The van der Waals surface area contributed by atoms with E-state index in [0.29, 0.717) is 6.10 Å². The van der Waals surface area contributed by atoms with Crippen molar-refractivity contribution in [1.29, 1.82) is 0 Å². The number of aryl methyl sites for hydroxylation is 1. The lowest BCUT2D eigenvalue weighted by molar-refractivity contribution is 0.0439. The van der Waals surface area contributed by atoms with Crippen molar-refractivity contribution >= 4 is 5.82 Å². The lowest BCUT2D eigenvalue weighted by atomic mass is 10.1. The predicted octanol–water partition coefficient (Wildman–Crippen LogP) is 2.50. The Balaban J connectivity index is 2.05. The highest BCUT2D eigenvalue weighted by Crippen LogP contribution is 2.21. The van der Waals surface area contributed by atoms with E-state index in [1.807, 2.05) is 7.05 Å². The molecule has 1 N–H and O–H groups in total. The molecule has 0 spiro atoms. The number of aromatic nitrogens is 1. The van der Waals surface area contributed by atoms with Crippen LogP contribution in [0.5, 0.6) is 0 Å². The quantitative estimate of drug-likeness (QED) is 0.867. The molecule has 1 saturated heterocycles. The van der Waals surface area contributed by atoms with Crippen LogP contribution in [0.3, 0.4) is 0 Å². The molecule has 0 bridgehead atoms. The molecule has 1 unspecified atom stereocenters. The van der Waals surface area contributed by atoms with Gasteiger partial charge in [0.05, 0.1) is 6.10 Å². The van der Waals surface area contributed by atoms with Crippen molar-refractivity contribution in [2.75, 3.05) is 31.6 Å². The van der Waals surface area contributed by atoms with Gasteiger partial charge in [-0.25, -0.2) is 4.98 Å². The van der Waals surface area contributed by atoms with Gasteiger partial charge in [-0.1, -0.05) is 6.92 Å². The Hall–Kier alpha value is -1.13. The second-order valence-electron chi connectivity index (χ2n) is 5.59. The molecule has 0 radical (unpaired) electrons. The molecule has 1 atom stereocenters. The van der Waals surface area contributed by atoms with Crippen molar-refractivity contribution < 1.29 is 4.74 Å². The largest absolute Gasteiger partial charge is 0.376 e. The molecule has 20 heavy (non-hydrogen) atoms. The maximum Gasteiger partial charge on any atom is 0.129 e. The fraction of sp³-hybridized carbons (Fsp3) is 0.688. The van der Waals surface area contributed by atoms with Crippen LogP contribution in [0.4, 0.5) is 5.82 Å². The van der Waals surface area contributed by atoms with Gasteiger partial charge >= 0.3 is 0 Å². The molecular weight excluding hydrogens is 250 g/mol. The maximum absolute atomic E-state index is 5.91. The van der Waals surface area contributed by atoms with Gasteiger partial charge in [0.1, 0.15) is 5.82 Å². The van der Waals surface area contributed by atoms with Gasteiger partial charge in [0.2, 0.25) is 0 Å². The zero-order chi connectivity index (χ0) is 14.4. The molecule has 1 aromatic rings. The van der Waals surface area contributed by atoms with Gasteiger partial charge in [-0.3, -0.25) is 0 Å². The van der Waals surface area contributed by atoms with Crippen molar-refractivity contribution in [3.8, 4) is 0 Å². The fourth-order valence-electron chi connectivity index (χ4n) is 2.76. The number of nitrogens with one attached hydrogen (secondary N) is 1. The van der Waals surface area contributed by atoms with E-state index in [-0.39, 0.29) is 0 Å². The van der Waals surface area contributed by atoms with Crippen LogP contribution in [0.1, 0.15) is 37.4 Å². The minimum Gasteiger partial charge on any atom is -0.376 e.